The number of rotatable bonds is 6. The van der Waals surface area contributed by atoms with Crippen molar-refractivity contribution in [2.45, 2.75) is 25.0 Å². The second-order valence-electron chi connectivity index (χ2n) is 4.23. The van der Waals surface area contributed by atoms with E-state index in [0.717, 1.165) is 21.5 Å². The molecule has 108 valence electrons. The molecule has 0 saturated heterocycles. The Morgan fingerprint density at radius 2 is 2.00 bits per heavy atom. The highest BCUT2D eigenvalue weighted by Gasteiger charge is 2.08. The summed E-state index contributed by atoms with van der Waals surface area (Å²) in [6.45, 7) is 2.53. The molecule has 1 aromatic carbocycles. The maximum Gasteiger partial charge on any atom is 0.284 e. The molecule has 2 nitrogen and oxygen atoms in total. The number of nitrogens with one attached hydrogen (secondary N) is 1. The van der Waals surface area contributed by atoms with Gasteiger partial charge in [-0.3, -0.25) is 0 Å². The zero-order valence-corrected chi connectivity index (χ0v) is 13.2. The molecule has 2 aromatic rings. The molecular formula is C14H14BrF2NOS. The lowest BCUT2D eigenvalue weighted by Gasteiger charge is -2.08. The summed E-state index contributed by atoms with van der Waals surface area (Å²) in [4.78, 5) is 0. The summed E-state index contributed by atoms with van der Waals surface area (Å²) in [5, 5.41) is 3.25. The number of furan rings is 1. The van der Waals surface area contributed by atoms with Crippen LogP contribution in [0.2, 0.25) is 0 Å². The molecule has 0 radical (unpaired) electrons. The van der Waals surface area contributed by atoms with Crippen LogP contribution in [0.1, 0.15) is 17.1 Å². The van der Waals surface area contributed by atoms with Crippen LogP contribution in [-0.4, -0.2) is 5.76 Å². The first kappa shape index (κ1) is 15.4. The van der Waals surface area contributed by atoms with Gasteiger partial charge in [-0.1, -0.05) is 23.9 Å². The summed E-state index contributed by atoms with van der Waals surface area (Å²) in [5.41, 5.74) is 2.12. The summed E-state index contributed by atoms with van der Waals surface area (Å²) < 4.78 is 30.7. The van der Waals surface area contributed by atoms with Crippen molar-refractivity contribution in [3.8, 4) is 0 Å². The van der Waals surface area contributed by atoms with E-state index in [1.165, 1.54) is 0 Å². The third kappa shape index (κ3) is 4.24. The molecular weight excluding hydrogens is 348 g/mol. The van der Waals surface area contributed by atoms with E-state index in [4.69, 9.17) is 4.42 Å². The Labute approximate surface area is 129 Å². The molecule has 0 aliphatic carbocycles. The largest absolute Gasteiger partial charge is 0.463 e. The van der Waals surface area contributed by atoms with E-state index in [1.807, 2.05) is 25.1 Å². The van der Waals surface area contributed by atoms with Gasteiger partial charge in [-0.05, 0) is 46.6 Å². The maximum atomic E-state index is 12.1. The van der Waals surface area contributed by atoms with E-state index < -0.39 is 5.76 Å². The highest BCUT2D eigenvalue weighted by Crippen LogP contribution is 2.26. The molecule has 0 spiro atoms. The third-order valence-corrected chi connectivity index (χ3v) is 4.47. The van der Waals surface area contributed by atoms with Crippen LogP contribution in [0.3, 0.4) is 0 Å². The molecule has 0 saturated carbocycles. The second kappa shape index (κ2) is 7.13. The normalized spacial score (nSPS) is 11.1. The van der Waals surface area contributed by atoms with Gasteiger partial charge in [0.05, 0.1) is 12.3 Å². The molecule has 2 rings (SSSR count). The number of thioether (sulfide) groups is 1. The van der Waals surface area contributed by atoms with Crippen molar-refractivity contribution in [2.75, 3.05) is 5.32 Å². The Hall–Kier alpha value is -1.01. The lowest BCUT2D eigenvalue weighted by molar-refractivity contribution is 0.251. The van der Waals surface area contributed by atoms with E-state index in [9.17, 15) is 8.78 Å². The molecule has 0 aliphatic rings. The minimum atomic E-state index is -2.37. The van der Waals surface area contributed by atoms with Crippen LogP contribution in [0.15, 0.2) is 39.2 Å². The summed E-state index contributed by atoms with van der Waals surface area (Å²) in [6.07, 6.45) is 0. The Bertz CT molecular complexity index is 574. The molecule has 1 N–H and O–H groups in total. The fourth-order valence-electron chi connectivity index (χ4n) is 1.71. The van der Waals surface area contributed by atoms with E-state index in [-0.39, 0.29) is 5.75 Å². The highest BCUT2D eigenvalue weighted by atomic mass is 79.9. The van der Waals surface area contributed by atoms with Gasteiger partial charge in [0.15, 0.2) is 0 Å². The van der Waals surface area contributed by atoms with Gasteiger partial charge in [0.2, 0.25) is 0 Å². The van der Waals surface area contributed by atoms with Crippen LogP contribution < -0.4 is 5.32 Å². The molecule has 0 fully saturated rings. The topological polar surface area (TPSA) is 25.2 Å². The first-order chi connectivity index (χ1) is 9.56. The Morgan fingerprint density at radius 3 is 2.75 bits per heavy atom. The fourth-order valence-corrected chi connectivity index (χ4v) is 2.56. The minimum absolute atomic E-state index is 0.186. The van der Waals surface area contributed by atoms with Crippen molar-refractivity contribution in [1.29, 1.82) is 0 Å². The predicted molar refractivity (Wildman–Crippen MR) is 82.2 cm³/mol. The molecule has 1 heterocycles. The van der Waals surface area contributed by atoms with E-state index in [1.54, 1.807) is 12.1 Å². The smallest absolute Gasteiger partial charge is 0.284 e. The Balaban J connectivity index is 1.92. The lowest BCUT2D eigenvalue weighted by atomic mass is 10.2. The van der Waals surface area contributed by atoms with Crippen LogP contribution >= 0.6 is 27.7 Å². The van der Waals surface area contributed by atoms with Crippen molar-refractivity contribution in [1.82, 2.24) is 0 Å². The van der Waals surface area contributed by atoms with Gasteiger partial charge in [-0.25, -0.2) is 0 Å². The number of hydrogen-bond acceptors (Lipinski definition) is 3. The van der Waals surface area contributed by atoms with Crippen molar-refractivity contribution < 1.29 is 13.2 Å². The van der Waals surface area contributed by atoms with Crippen molar-refractivity contribution >= 4 is 33.4 Å². The van der Waals surface area contributed by atoms with Crippen LogP contribution in [0.25, 0.3) is 0 Å². The zero-order chi connectivity index (χ0) is 14.5. The first-order valence-electron chi connectivity index (χ1n) is 6.02. The van der Waals surface area contributed by atoms with Gasteiger partial charge < -0.3 is 9.73 Å². The van der Waals surface area contributed by atoms with Crippen LogP contribution in [0.4, 0.5) is 14.5 Å². The molecule has 1 aromatic heterocycles. The van der Waals surface area contributed by atoms with Gasteiger partial charge in [0.1, 0.15) is 11.5 Å². The summed E-state index contributed by atoms with van der Waals surface area (Å²) >= 11 is 4.08. The number of aryl methyl sites for hydroxylation is 1. The standard InChI is InChI=1S/C14H14BrF2NOS/c1-9-3-2-4-12(13(9)15)18-7-10-5-6-11(19-10)8-20-14(16)17/h2-6,14,18H,7-8H2,1H3. The average molecular weight is 362 g/mol. The summed E-state index contributed by atoms with van der Waals surface area (Å²) in [7, 11) is 0. The number of anilines is 1. The highest BCUT2D eigenvalue weighted by molar-refractivity contribution is 9.10. The Morgan fingerprint density at radius 1 is 1.25 bits per heavy atom. The van der Waals surface area contributed by atoms with Crippen LogP contribution in [-0.2, 0) is 12.3 Å². The van der Waals surface area contributed by atoms with Gasteiger partial charge in [0.25, 0.3) is 5.76 Å². The van der Waals surface area contributed by atoms with Crippen molar-refractivity contribution in [3.05, 3.63) is 51.9 Å². The fraction of sp³-hybridized carbons (Fsp3) is 0.286. The molecule has 20 heavy (non-hydrogen) atoms. The number of halogens is 3. The number of hydrogen-bond donors (Lipinski definition) is 1. The molecule has 0 unspecified atom stereocenters. The van der Waals surface area contributed by atoms with Crippen LogP contribution in [0.5, 0.6) is 0 Å². The van der Waals surface area contributed by atoms with Crippen molar-refractivity contribution in [3.63, 3.8) is 0 Å². The SMILES string of the molecule is Cc1cccc(NCc2ccc(CSC(F)F)o2)c1Br. The monoisotopic (exact) mass is 361 g/mol. The minimum Gasteiger partial charge on any atom is -0.463 e. The lowest BCUT2D eigenvalue weighted by Crippen LogP contribution is -1.99. The molecule has 0 bridgehead atoms. The van der Waals surface area contributed by atoms with Gasteiger partial charge >= 0.3 is 0 Å². The van der Waals surface area contributed by atoms with E-state index in [0.29, 0.717) is 24.1 Å². The zero-order valence-electron chi connectivity index (χ0n) is 10.8. The molecule has 0 amide bonds. The molecule has 0 aliphatic heterocycles. The number of alkyl halides is 2. The van der Waals surface area contributed by atoms with Crippen LogP contribution in [0, 0.1) is 6.92 Å². The third-order valence-electron chi connectivity index (χ3n) is 2.71. The van der Waals surface area contributed by atoms with Crippen molar-refractivity contribution in [2.24, 2.45) is 0 Å². The van der Waals surface area contributed by atoms with Gasteiger partial charge in [-0.15, -0.1) is 0 Å². The predicted octanol–water partition coefficient (Wildman–Crippen LogP) is 5.42. The summed E-state index contributed by atoms with van der Waals surface area (Å²) in [5.74, 6) is -0.894. The second-order valence-corrected chi connectivity index (χ2v) is 6.00. The van der Waals surface area contributed by atoms with Gasteiger partial charge in [0, 0.05) is 10.2 Å². The molecule has 6 heteroatoms. The Kier molecular flexibility index (Phi) is 5.48. The van der Waals surface area contributed by atoms with Gasteiger partial charge in [-0.2, -0.15) is 8.78 Å². The average Bonchev–Trinajstić information content (AvgIpc) is 2.86. The quantitative estimate of drug-likeness (QED) is 0.743. The first-order valence-corrected chi connectivity index (χ1v) is 7.87. The molecule has 0 atom stereocenters. The van der Waals surface area contributed by atoms with E-state index >= 15 is 0 Å². The maximum absolute atomic E-state index is 12.1. The van der Waals surface area contributed by atoms with E-state index in [2.05, 4.69) is 21.2 Å². The summed E-state index contributed by atoms with van der Waals surface area (Å²) in [6, 6.07) is 9.49. The number of benzene rings is 1.